The molecular formula is C6H10O3. The molecule has 3 nitrogen and oxygen atoms in total. The molecule has 3 heterocycles. The number of hydrogen-bond acceptors (Lipinski definition) is 3. The van der Waals surface area contributed by atoms with Crippen LogP contribution in [0.1, 0.15) is 6.92 Å². The molecule has 0 radical (unpaired) electrons. The molecule has 1 atom stereocenters. The van der Waals surface area contributed by atoms with Crippen molar-refractivity contribution >= 4 is 0 Å². The third kappa shape index (κ3) is 0.852. The van der Waals surface area contributed by atoms with Gasteiger partial charge in [-0.05, 0) is 6.92 Å². The maximum absolute atomic E-state index is 5.24. The minimum atomic E-state index is -0.370. The van der Waals surface area contributed by atoms with Gasteiger partial charge in [0.25, 0.3) is 6.48 Å². The first-order valence-electron chi connectivity index (χ1n) is 3.25. The molecule has 0 aliphatic carbocycles. The molecule has 0 aromatic rings. The van der Waals surface area contributed by atoms with Crippen molar-refractivity contribution in [1.29, 1.82) is 0 Å². The molecule has 0 N–H and O–H groups in total. The van der Waals surface area contributed by atoms with Crippen LogP contribution in [0.15, 0.2) is 0 Å². The Morgan fingerprint density at radius 3 is 2.11 bits per heavy atom. The summed E-state index contributed by atoms with van der Waals surface area (Å²) in [7, 11) is 0. The largest absolute Gasteiger partial charge is 0.329 e. The average Bonchev–Trinajstić information content (AvgIpc) is 1.90. The molecule has 0 aromatic carbocycles. The fraction of sp³-hybridized carbons (Fsp3) is 1.00. The van der Waals surface area contributed by atoms with Gasteiger partial charge >= 0.3 is 0 Å². The average molecular weight is 130 g/mol. The van der Waals surface area contributed by atoms with Crippen molar-refractivity contribution in [2.75, 3.05) is 13.2 Å². The first kappa shape index (κ1) is 5.65. The van der Waals surface area contributed by atoms with E-state index in [4.69, 9.17) is 14.2 Å². The van der Waals surface area contributed by atoms with Crippen molar-refractivity contribution in [3.05, 3.63) is 0 Å². The minimum absolute atomic E-state index is 0.317. The van der Waals surface area contributed by atoms with E-state index in [2.05, 4.69) is 6.92 Å². The van der Waals surface area contributed by atoms with Crippen LogP contribution in [0.3, 0.4) is 0 Å². The van der Waals surface area contributed by atoms with E-state index in [-0.39, 0.29) is 6.48 Å². The van der Waals surface area contributed by atoms with Crippen molar-refractivity contribution in [2.45, 2.75) is 19.5 Å². The van der Waals surface area contributed by atoms with Crippen LogP contribution < -0.4 is 0 Å². The Kier molecular flexibility index (Phi) is 1.22. The number of fused-ring (bicyclic) bond motifs is 3. The second kappa shape index (κ2) is 1.94. The van der Waals surface area contributed by atoms with Gasteiger partial charge in [0.05, 0.1) is 19.3 Å². The van der Waals surface area contributed by atoms with Gasteiger partial charge in [0.2, 0.25) is 0 Å². The molecule has 3 aliphatic rings. The van der Waals surface area contributed by atoms with E-state index in [1.54, 1.807) is 0 Å². The summed E-state index contributed by atoms with van der Waals surface area (Å²) in [6, 6.07) is 0. The summed E-state index contributed by atoms with van der Waals surface area (Å²) in [5.74, 6) is 0.454. The van der Waals surface area contributed by atoms with Gasteiger partial charge in [0, 0.05) is 5.92 Å². The van der Waals surface area contributed by atoms with Crippen LogP contribution in [-0.4, -0.2) is 25.8 Å². The van der Waals surface area contributed by atoms with Crippen LogP contribution in [0.25, 0.3) is 0 Å². The molecule has 0 saturated carbocycles. The van der Waals surface area contributed by atoms with Gasteiger partial charge in [-0.1, -0.05) is 0 Å². The van der Waals surface area contributed by atoms with Gasteiger partial charge in [0.1, 0.15) is 0 Å². The smallest absolute Gasteiger partial charge is 0.271 e. The highest BCUT2D eigenvalue weighted by Crippen LogP contribution is 2.25. The van der Waals surface area contributed by atoms with Crippen LogP contribution in [0, 0.1) is 5.92 Å². The molecule has 2 bridgehead atoms. The summed E-state index contributed by atoms with van der Waals surface area (Å²) < 4.78 is 15.4. The highest BCUT2D eigenvalue weighted by atomic mass is 16.9. The zero-order chi connectivity index (χ0) is 6.27. The zero-order valence-electron chi connectivity index (χ0n) is 5.37. The zero-order valence-corrected chi connectivity index (χ0v) is 5.37. The molecule has 3 aliphatic heterocycles. The molecular weight excluding hydrogens is 120 g/mol. The lowest BCUT2D eigenvalue weighted by Gasteiger charge is -2.40. The Balaban J connectivity index is 2.06. The second-order valence-corrected chi connectivity index (χ2v) is 2.56. The van der Waals surface area contributed by atoms with Crippen molar-refractivity contribution < 1.29 is 14.2 Å². The molecule has 1 unspecified atom stereocenters. The molecule has 52 valence electrons. The van der Waals surface area contributed by atoms with E-state index in [1.807, 2.05) is 0 Å². The van der Waals surface area contributed by atoms with Gasteiger partial charge in [-0.15, -0.1) is 0 Å². The fourth-order valence-electron chi connectivity index (χ4n) is 1.14. The fourth-order valence-corrected chi connectivity index (χ4v) is 1.14. The number of hydrogen-bond donors (Lipinski definition) is 0. The highest BCUT2D eigenvalue weighted by molar-refractivity contribution is 4.72. The van der Waals surface area contributed by atoms with Gasteiger partial charge in [-0.25, -0.2) is 0 Å². The Hall–Kier alpha value is -0.120. The maximum atomic E-state index is 5.24. The molecule has 0 spiro atoms. The molecule has 3 fully saturated rings. The Labute approximate surface area is 53.9 Å². The van der Waals surface area contributed by atoms with E-state index >= 15 is 0 Å². The van der Waals surface area contributed by atoms with Crippen molar-refractivity contribution in [2.24, 2.45) is 5.92 Å². The van der Waals surface area contributed by atoms with E-state index in [1.165, 1.54) is 0 Å². The number of rotatable bonds is 0. The van der Waals surface area contributed by atoms with Crippen LogP contribution in [0.4, 0.5) is 0 Å². The molecule has 0 aromatic heterocycles. The molecule has 3 rings (SSSR count). The predicted molar refractivity (Wildman–Crippen MR) is 29.7 cm³/mol. The monoisotopic (exact) mass is 130 g/mol. The summed E-state index contributed by atoms with van der Waals surface area (Å²) in [4.78, 5) is 0. The minimum Gasteiger partial charge on any atom is -0.329 e. The van der Waals surface area contributed by atoms with E-state index in [0.29, 0.717) is 12.0 Å². The first-order valence-corrected chi connectivity index (χ1v) is 3.25. The lowest BCUT2D eigenvalue weighted by atomic mass is 10.0. The van der Waals surface area contributed by atoms with Crippen LogP contribution in [0.2, 0.25) is 0 Å². The van der Waals surface area contributed by atoms with Crippen LogP contribution in [-0.2, 0) is 14.2 Å². The Morgan fingerprint density at radius 1 is 1.22 bits per heavy atom. The van der Waals surface area contributed by atoms with Gasteiger partial charge in [0.15, 0.2) is 0 Å². The van der Waals surface area contributed by atoms with E-state index in [9.17, 15) is 0 Å². The van der Waals surface area contributed by atoms with Gasteiger partial charge in [-0.2, -0.15) is 0 Å². The van der Waals surface area contributed by atoms with E-state index in [0.717, 1.165) is 13.2 Å². The normalized spacial score (nSPS) is 49.7. The lowest BCUT2D eigenvalue weighted by Crippen LogP contribution is -2.48. The predicted octanol–water partition coefficient (Wildman–Crippen LogP) is 0.352. The third-order valence-electron chi connectivity index (χ3n) is 1.88. The maximum Gasteiger partial charge on any atom is 0.271 e. The molecule has 9 heavy (non-hydrogen) atoms. The molecule has 3 saturated heterocycles. The summed E-state index contributed by atoms with van der Waals surface area (Å²) >= 11 is 0. The van der Waals surface area contributed by atoms with Gasteiger partial charge < -0.3 is 14.2 Å². The number of ether oxygens (including phenoxy) is 3. The summed E-state index contributed by atoms with van der Waals surface area (Å²) in [5.41, 5.74) is 0. The van der Waals surface area contributed by atoms with Crippen molar-refractivity contribution in [1.82, 2.24) is 0 Å². The second-order valence-electron chi connectivity index (χ2n) is 2.56. The van der Waals surface area contributed by atoms with E-state index < -0.39 is 0 Å². The topological polar surface area (TPSA) is 27.7 Å². The van der Waals surface area contributed by atoms with Gasteiger partial charge in [-0.3, -0.25) is 0 Å². The molecule has 0 amide bonds. The summed E-state index contributed by atoms with van der Waals surface area (Å²) in [5, 5.41) is 0. The standard InChI is InChI=1S/C6H10O3/c1-4-5-2-7-6(9-4)8-3-5/h4-6H,2-3H2,1H3. The van der Waals surface area contributed by atoms with Crippen LogP contribution in [0.5, 0.6) is 0 Å². The quantitative estimate of drug-likeness (QED) is 0.473. The Morgan fingerprint density at radius 2 is 1.89 bits per heavy atom. The molecule has 3 heteroatoms. The summed E-state index contributed by atoms with van der Waals surface area (Å²) in [6.07, 6.45) is 0.317. The third-order valence-corrected chi connectivity index (χ3v) is 1.88. The highest BCUT2D eigenvalue weighted by Gasteiger charge is 2.35. The Bertz CT molecular complexity index is 107. The van der Waals surface area contributed by atoms with Crippen LogP contribution >= 0.6 is 0 Å². The summed E-state index contributed by atoms with van der Waals surface area (Å²) in [6.45, 7) is 3.28. The first-order chi connectivity index (χ1) is 4.36. The van der Waals surface area contributed by atoms with Crippen molar-refractivity contribution in [3.8, 4) is 0 Å². The lowest BCUT2D eigenvalue weighted by molar-refractivity contribution is -0.389. The SMILES string of the molecule is CC1OC2OCC1CO2. The van der Waals surface area contributed by atoms with Crippen molar-refractivity contribution in [3.63, 3.8) is 0 Å².